The van der Waals surface area contributed by atoms with E-state index in [-0.39, 0.29) is 18.5 Å². The van der Waals surface area contributed by atoms with E-state index in [2.05, 4.69) is 0 Å². The number of hydrogen-bond acceptors (Lipinski definition) is 4. The van der Waals surface area contributed by atoms with Crippen molar-refractivity contribution in [2.75, 3.05) is 6.54 Å². The molecule has 188 valence electrons. The second-order valence-electron chi connectivity index (χ2n) is 9.30. The Kier molecular flexibility index (Phi) is 8.91. The molecule has 0 saturated carbocycles. The molecule has 0 radical (unpaired) electrons. The topological polar surface area (TPSA) is 57.7 Å². The van der Waals surface area contributed by atoms with Gasteiger partial charge < -0.3 is 4.90 Å². The lowest BCUT2D eigenvalue weighted by atomic mass is 10.1. The number of rotatable bonds is 10. The summed E-state index contributed by atoms with van der Waals surface area (Å²) in [4.78, 5) is 16.9. The molecule has 5 nitrogen and oxygen atoms in total. The van der Waals surface area contributed by atoms with Crippen molar-refractivity contribution < 1.29 is 13.2 Å². The summed E-state index contributed by atoms with van der Waals surface area (Å²) in [5.41, 5.74) is 4.58. The third-order valence-corrected chi connectivity index (χ3v) is 9.69. The summed E-state index contributed by atoms with van der Waals surface area (Å²) in [6.07, 6.45) is 0.610. The zero-order valence-electron chi connectivity index (χ0n) is 21.5. The van der Waals surface area contributed by atoms with Gasteiger partial charge in [-0.2, -0.15) is 4.31 Å². The summed E-state index contributed by atoms with van der Waals surface area (Å²) in [5, 5.41) is 2.02. The summed E-state index contributed by atoms with van der Waals surface area (Å²) < 4.78 is 29.2. The zero-order valence-corrected chi connectivity index (χ0v) is 23.2. The van der Waals surface area contributed by atoms with Crippen LogP contribution >= 0.6 is 11.3 Å². The molecule has 0 aliphatic heterocycles. The highest BCUT2D eigenvalue weighted by atomic mass is 32.2. The third-order valence-electron chi connectivity index (χ3n) is 6.42. The molecule has 1 unspecified atom stereocenters. The second-order valence-corrected chi connectivity index (χ2v) is 12.1. The van der Waals surface area contributed by atoms with Crippen molar-refractivity contribution in [3.05, 3.63) is 86.6 Å². The Bertz CT molecular complexity index is 1240. The Morgan fingerprint density at radius 1 is 0.943 bits per heavy atom. The van der Waals surface area contributed by atoms with E-state index in [0.29, 0.717) is 35.5 Å². The van der Waals surface area contributed by atoms with Crippen LogP contribution in [0.25, 0.3) is 0 Å². The molecule has 3 rings (SSSR count). The van der Waals surface area contributed by atoms with Crippen molar-refractivity contribution in [1.29, 1.82) is 0 Å². The number of sulfonamides is 1. The average Bonchev–Trinajstić information content (AvgIpc) is 3.20. The second kappa shape index (κ2) is 11.5. The van der Waals surface area contributed by atoms with Crippen molar-refractivity contribution >= 4 is 27.3 Å². The van der Waals surface area contributed by atoms with Crippen molar-refractivity contribution in [3.8, 4) is 0 Å². The molecule has 0 aliphatic rings. The molecule has 1 aromatic heterocycles. The number of benzene rings is 2. The molecule has 1 atom stereocenters. The summed E-state index contributed by atoms with van der Waals surface area (Å²) >= 11 is 1.62. The Morgan fingerprint density at radius 3 is 2.11 bits per heavy atom. The van der Waals surface area contributed by atoms with Gasteiger partial charge in [-0.15, -0.1) is 11.3 Å². The van der Waals surface area contributed by atoms with Gasteiger partial charge >= 0.3 is 0 Å². The van der Waals surface area contributed by atoms with Crippen LogP contribution in [0.1, 0.15) is 53.0 Å². The summed E-state index contributed by atoms with van der Waals surface area (Å²) in [6, 6.07) is 15.3. The molecule has 1 heterocycles. The van der Waals surface area contributed by atoms with Gasteiger partial charge in [0.05, 0.1) is 18.0 Å². The maximum Gasteiger partial charge on any atom is 0.244 e. The first-order valence-electron chi connectivity index (χ1n) is 12.0. The van der Waals surface area contributed by atoms with Crippen LogP contribution in [0.2, 0.25) is 0 Å². The number of thiophene rings is 1. The zero-order chi connectivity index (χ0) is 25.8. The predicted octanol–water partition coefficient (Wildman–Crippen LogP) is 6.00. The fourth-order valence-electron chi connectivity index (χ4n) is 4.38. The Balaban J connectivity index is 1.97. The van der Waals surface area contributed by atoms with Gasteiger partial charge in [-0.25, -0.2) is 8.42 Å². The average molecular weight is 513 g/mol. The van der Waals surface area contributed by atoms with E-state index in [1.54, 1.807) is 16.2 Å². The first kappa shape index (κ1) is 27.1. The highest BCUT2D eigenvalue weighted by molar-refractivity contribution is 7.89. The minimum absolute atomic E-state index is 0.193. The van der Waals surface area contributed by atoms with E-state index < -0.39 is 10.0 Å². The van der Waals surface area contributed by atoms with Gasteiger partial charge in [0.25, 0.3) is 0 Å². The van der Waals surface area contributed by atoms with Crippen molar-refractivity contribution in [2.45, 2.75) is 72.0 Å². The van der Waals surface area contributed by atoms with Crippen LogP contribution < -0.4 is 0 Å². The lowest BCUT2D eigenvalue weighted by Gasteiger charge is -2.31. The number of carbonyl (C=O) groups is 1. The molecule has 0 N–H and O–H groups in total. The highest BCUT2D eigenvalue weighted by Gasteiger charge is 2.34. The lowest BCUT2D eigenvalue weighted by molar-refractivity contribution is -0.133. The molecular weight excluding hydrogens is 476 g/mol. The number of aryl methyl sites for hydroxylation is 4. The fraction of sp³-hybridized carbons (Fsp3) is 0.393. The molecular formula is C28H36N2O3S2. The SMILES string of the molecule is CCC(C)N(CC(=O)N(Cc1ccccc1)Cc1sccc1C)S(=O)(=O)c1c(C)cc(C)cc1C. The normalized spacial score (nSPS) is 12.7. The van der Waals surface area contributed by atoms with Gasteiger partial charge in [-0.05, 0) is 74.7 Å². The van der Waals surface area contributed by atoms with Gasteiger partial charge in [0.15, 0.2) is 0 Å². The van der Waals surface area contributed by atoms with Crippen LogP contribution in [0.15, 0.2) is 58.8 Å². The standard InChI is InChI=1S/C28H36N2O3S2/c1-7-24(6)30(35(32,33)28-22(4)15-20(2)16-23(28)5)19-27(31)29(17-25-11-9-8-10-12-25)18-26-21(3)13-14-34-26/h8-16,24H,7,17-19H2,1-6H3. The quantitative estimate of drug-likeness (QED) is 0.335. The van der Waals surface area contributed by atoms with Gasteiger partial charge in [-0.1, -0.05) is 55.0 Å². The highest BCUT2D eigenvalue weighted by Crippen LogP contribution is 2.28. The molecule has 0 aliphatic carbocycles. The molecule has 0 spiro atoms. The minimum Gasteiger partial charge on any atom is -0.332 e. The third kappa shape index (κ3) is 6.40. The van der Waals surface area contributed by atoms with E-state index in [1.165, 1.54) is 4.31 Å². The van der Waals surface area contributed by atoms with E-state index in [1.807, 2.05) is 95.5 Å². The van der Waals surface area contributed by atoms with Crippen LogP contribution in [-0.2, 0) is 27.9 Å². The molecule has 0 bridgehead atoms. The van der Waals surface area contributed by atoms with Gasteiger partial charge in [0.1, 0.15) is 0 Å². The Morgan fingerprint density at radius 2 is 1.57 bits per heavy atom. The van der Waals surface area contributed by atoms with E-state index in [9.17, 15) is 13.2 Å². The molecule has 2 aromatic carbocycles. The van der Waals surface area contributed by atoms with Gasteiger partial charge in [-0.3, -0.25) is 4.79 Å². The van der Waals surface area contributed by atoms with Crippen LogP contribution in [-0.4, -0.2) is 36.1 Å². The van der Waals surface area contributed by atoms with E-state index >= 15 is 0 Å². The van der Waals surface area contributed by atoms with Crippen LogP contribution in [0, 0.1) is 27.7 Å². The lowest BCUT2D eigenvalue weighted by Crippen LogP contribution is -2.46. The number of amides is 1. The van der Waals surface area contributed by atoms with E-state index in [0.717, 1.165) is 21.6 Å². The number of nitrogens with zero attached hydrogens (tertiary/aromatic N) is 2. The molecule has 7 heteroatoms. The number of carbonyl (C=O) groups excluding carboxylic acids is 1. The van der Waals surface area contributed by atoms with Crippen molar-refractivity contribution in [3.63, 3.8) is 0 Å². The predicted molar refractivity (Wildman–Crippen MR) is 144 cm³/mol. The molecule has 0 fully saturated rings. The molecule has 0 saturated heterocycles. The summed E-state index contributed by atoms with van der Waals surface area (Å²) in [7, 11) is -3.87. The maximum absolute atomic E-state index is 13.9. The smallest absolute Gasteiger partial charge is 0.244 e. The molecule has 1 amide bonds. The van der Waals surface area contributed by atoms with Gasteiger partial charge in [0.2, 0.25) is 15.9 Å². The first-order chi connectivity index (χ1) is 16.5. The van der Waals surface area contributed by atoms with Crippen molar-refractivity contribution in [1.82, 2.24) is 9.21 Å². The van der Waals surface area contributed by atoms with Crippen LogP contribution in [0.5, 0.6) is 0 Å². The number of hydrogen-bond donors (Lipinski definition) is 0. The van der Waals surface area contributed by atoms with Gasteiger partial charge in [0, 0.05) is 17.5 Å². The fourth-order valence-corrected chi connectivity index (χ4v) is 7.37. The summed E-state index contributed by atoms with van der Waals surface area (Å²) in [6.45, 7) is 12.1. The monoisotopic (exact) mass is 512 g/mol. The molecule has 3 aromatic rings. The Hall–Kier alpha value is -2.48. The van der Waals surface area contributed by atoms with Crippen LogP contribution in [0.4, 0.5) is 0 Å². The molecule has 35 heavy (non-hydrogen) atoms. The first-order valence-corrected chi connectivity index (χ1v) is 14.3. The van der Waals surface area contributed by atoms with Crippen LogP contribution in [0.3, 0.4) is 0 Å². The van der Waals surface area contributed by atoms with Crippen molar-refractivity contribution in [2.24, 2.45) is 0 Å². The minimum atomic E-state index is -3.87. The largest absolute Gasteiger partial charge is 0.332 e. The summed E-state index contributed by atoms with van der Waals surface area (Å²) in [5.74, 6) is -0.201. The van der Waals surface area contributed by atoms with E-state index in [4.69, 9.17) is 0 Å². The maximum atomic E-state index is 13.9. The Labute approximate surface area is 214 Å².